The van der Waals surface area contributed by atoms with Gasteiger partial charge in [-0.1, -0.05) is 30.3 Å². The summed E-state index contributed by atoms with van der Waals surface area (Å²) < 4.78 is 28.7. The number of benzene rings is 2. The second-order valence-corrected chi connectivity index (χ2v) is 7.95. The topological polar surface area (TPSA) is 65.1 Å². The molecule has 0 N–H and O–H groups in total. The molecular weight excluding hydrogens is 341 g/mol. The number of rotatable bonds is 6. The van der Waals surface area contributed by atoms with Crippen molar-refractivity contribution in [2.45, 2.75) is 12.3 Å². The van der Waals surface area contributed by atoms with Crippen molar-refractivity contribution < 1.29 is 23.1 Å². The second kappa shape index (κ2) is 7.00. The van der Waals surface area contributed by atoms with Crippen molar-refractivity contribution in [3.8, 4) is 5.75 Å². The molecule has 0 spiro atoms. The largest absolute Gasteiger partial charge is 0.497 e. The van der Waals surface area contributed by atoms with Crippen LogP contribution in [0.3, 0.4) is 0 Å². The Kier molecular flexibility index (Phi) is 4.95. The van der Waals surface area contributed by atoms with E-state index in [4.69, 9.17) is 13.8 Å². The fourth-order valence-corrected chi connectivity index (χ4v) is 4.69. The van der Waals surface area contributed by atoms with Gasteiger partial charge in [0.15, 0.2) is 5.78 Å². The maximum Gasteiger partial charge on any atom is 0.357 e. The summed E-state index contributed by atoms with van der Waals surface area (Å²) in [6, 6.07) is 14.5. The summed E-state index contributed by atoms with van der Waals surface area (Å²) in [5.41, 5.74) is 2.08. The van der Waals surface area contributed by atoms with Crippen LogP contribution in [-0.2, 0) is 20.2 Å². The molecule has 1 aliphatic rings. The smallest absolute Gasteiger partial charge is 0.357 e. The number of carbonyl (C=O) groups is 1. The van der Waals surface area contributed by atoms with Gasteiger partial charge in [-0.3, -0.25) is 9.36 Å². The lowest BCUT2D eigenvalue weighted by atomic mass is 10.1. The lowest BCUT2D eigenvalue weighted by Crippen LogP contribution is -2.28. The average molecular weight is 361 g/mol. The standard InChI is InChI=1S/C18H20NO5P/c1-22-14-10-8-13(9-11-14)12-19-17(20)15-6-4-5-7-16(15)18(19)25(21,23-2)24-3/h4-11,18H,12H2,1-3H3. The molecule has 2 aromatic rings. The van der Waals surface area contributed by atoms with E-state index in [9.17, 15) is 9.36 Å². The van der Waals surface area contributed by atoms with E-state index in [1.165, 1.54) is 14.2 Å². The van der Waals surface area contributed by atoms with Crippen LogP contribution in [0.15, 0.2) is 48.5 Å². The number of amides is 1. The number of hydrogen-bond acceptors (Lipinski definition) is 5. The molecule has 1 amide bonds. The molecule has 132 valence electrons. The molecule has 6 nitrogen and oxygen atoms in total. The highest BCUT2D eigenvalue weighted by molar-refractivity contribution is 7.54. The van der Waals surface area contributed by atoms with Crippen LogP contribution < -0.4 is 4.74 Å². The third kappa shape index (κ3) is 3.09. The number of fused-ring (bicyclic) bond motifs is 1. The van der Waals surface area contributed by atoms with E-state index >= 15 is 0 Å². The van der Waals surface area contributed by atoms with Crippen LogP contribution in [0.2, 0.25) is 0 Å². The molecule has 7 heteroatoms. The molecule has 0 aliphatic carbocycles. The van der Waals surface area contributed by atoms with Crippen molar-refractivity contribution in [2.75, 3.05) is 21.3 Å². The van der Waals surface area contributed by atoms with Crippen molar-refractivity contribution in [3.63, 3.8) is 0 Å². The molecule has 0 aromatic heterocycles. The zero-order valence-corrected chi connectivity index (χ0v) is 15.2. The Bertz CT molecular complexity index is 812. The van der Waals surface area contributed by atoms with Crippen LogP contribution in [0.4, 0.5) is 0 Å². The molecule has 25 heavy (non-hydrogen) atoms. The predicted molar refractivity (Wildman–Crippen MR) is 93.7 cm³/mol. The highest BCUT2D eigenvalue weighted by Gasteiger charge is 2.48. The first kappa shape index (κ1) is 17.7. The van der Waals surface area contributed by atoms with Gasteiger partial charge in [-0.05, 0) is 29.3 Å². The minimum Gasteiger partial charge on any atom is -0.497 e. The second-order valence-electron chi connectivity index (χ2n) is 5.65. The summed E-state index contributed by atoms with van der Waals surface area (Å²) in [5.74, 6) is -0.227. The van der Waals surface area contributed by atoms with Crippen LogP contribution in [0.1, 0.15) is 27.3 Å². The fourth-order valence-electron chi connectivity index (χ4n) is 3.05. The van der Waals surface area contributed by atoms with Gasteiger partial charge in [-0.2, -0.15) is 0 Å². The number of carbonyl (C=O) groups excluding carboxylic acids is 1. The van der Waals surface area contributed by atoms with Gasteiger partial charge in [0.05, 0.1) is 7.11 Å². The Morgan fingerprint density at radius 3 is 2.24 bits per heavy atom. The lowest BCUT2D eigenvalue weighted by Gasteiger charge is -2.29. The third-order valence-electron chi connectivity index (χ3n) is 4.35. The molecule has 3 rings (SSSR count). The van der Waals surface area contributed by atoms with Gasteiger partial charge in [0.25, 0.3) is 5.91 Å². The van der Waals surface area contributed by atoms with Crippen LogP contribution >= 0.6 is 7.60 Å². The highest BCUT2D eigenvalue weighted by Crippen LogP contribution is 2.64. The molecule has 0 fully saturated rings. The maximum absolute atomic E-state index is 13.1. The summed E-state index contributed by atoms with van der Waals surface area (Å²) in [6.45, 7) is 0.291. The van der Waals surface area contributed by atoms with E-state index in [0.717, 1.165) is 11.3 Å². The minimum absolute atomic E-state index is 0.189. The Labute approximate surface area is 146 Å². The summed E-state index contributed by atoms with van der Waals surface area (Å²) in [4.78, 5) is 14.4. The Morgan fingerprint density at radius 1 is 1.00 bits per heavy atom. The Balaban J connectivity index is 2.01. The monoisotopic (exact) mass is 361 g/mol. The molecule has 0 saturated carbocycles. The fraction of sp³-hybridized carbons (Fsp3) is 0.278. The highest BCUT2D eigenvalue weighted by atomic mass is 31.2. The van der Waals surface area contributed by atoms with E-state index in [-0.39, 0.29) is 5.91 Å². The van der Waals surface area contributed by atoms with Gasteiger partial charge in [-0.15, -0.1) is 0 Å². The van der Waals surface area contributed by atoms with Gasteiger partial charge in [0.2, 0.25) is 0 Å². The van der Waals surface area contributed by atoms with Crippen molar-refractivity contribution in [2.24, 2.45) is 0 Å². The lowest BCUT2D eigenvalue weighted by molar-refractivity contribution is 0.0732. The normalized spacial score (nSPS) is 16.8. The van der Waals surface area contributed by atoms with E-state index in [0.29, 0.717) is 17.7 Å². The molecule has 1 atom stereocenters. The molecule has 2 aromatic carbocycles. The van der Waals surface area contributed by atoms with Crippen molar-refractivity contribution in [3.05, 3.63) is 65.2 Å². The van der Waals surface area contributed by atoms with Crippen molar-refractivity contribution >= 4 is 13.5 Å². The third-order valence-corrected chi connectivity index (χ3v) is 6.52. The number of methoxy groups -OCH3 is 1. The molecule has 1 heterocycles. The average Bonchev–Trinajstić information content (AvgIpc) is 2.94. The first-order valence-corrected chi connectivity index (χ1v) is 9.39. The predicted octanol–water partition coefficient (Wildman–Crippen LogP) is 3.84. The van der Waals surface area contributed by atoms with Gasteiger partial charge in [0, 0.05) is 26.3 Å². The quantitative estimate of drug-likeness (QED) is 0.732. The van der Waals surface area contributed by atoms with Gasteiger partial charge in [0.1, 0.15) is 5.75 Å². The zero-order chi connectivity index (χ0) is 18.0. The van der Waals surface area contributed by atoms with Crippen LogP contribution in [-0.4, -0.2) is 32.1 Å². The van der Waals surface area contributed by atoms with E-state index in [2.05, 4.69) is 0 Å². The summed E-state index contributed by atoms with van der Waals surface area (Å²) >= 11 is 0. The Morgan fingerprint density at radius 2 is 1.64 bits per heavy atom. The molecular formula is C18H20NO5P. The van der Waals surface area contributed by atoms with Crippen LogP contribution in [0, 0.1) is 0 Å². The number of ether oxygens (including phenoxy) is 1. The number of hydrogen-bond donors (Lipinski definition) is 0. The van der Waals surface area contributed by atoms with Crippen molar-refractivity contribution in [1.29, 1.82) is 0 Å². The van der Waals surface area contributed by atoms with Crippen LogP contribution in [0.25, 0.3) is 0 Å². The zero-order valence-electron chi connectivity index (χ0n) is 14.3. The van der Waals surface area contributed by atoms with Gasteiger partial charge in [-0.25, -0.2) is 0 Å². The summed E-state index contributed by atoms with van der Waals surface area (Å²) in [7, 11) is 0.739. The Hall–Kier alpha value is -2.14. The van der Waals surface area contributed by atoms with E-state index < -0.39 is 13.4 Å². The first-order chi connectivity index (χ1) is 12.0. The number of nitrogens with zero attached hydrogens (tertiary/aromatic N) is 1. The molecule has 1 aliphatic heterocycles. The SMILES string of the molecule is COc1ccc(CN2C(=O)c3ccccc3C2P(=O)(OC)OC)cc1. The summed E-state index contributed by atoms with van der Waals surface area (Å²) in [5, 5.41) is 0. The van der Waals surface area contributed by atoms with Crippen LogP contribution in [0.5, 0.6) is 5.75 Å². The molecule has 0 radical (unpaired) electrons. The summed E-state index contributed by atoms with van der Waals surface area (Å²) in [6.07, 6.45) is 0. The van der Waals surface area contributed by atoms with E-state index in [1.807, 2.05) is 30.3 Å². The van der Waals surface area contributed by atoms with Gasteiger partial charge >= 0.3 is 7.60 Å². The minimum atomic E-state index is -3.53. The molecule has 0 bridgehead atoms. The van der Waals surface area contributed by atoms with Gasteiger partial charge < -0.3 is 18.7 Å². The molecule has 1 unspecified atom stereocenters. The molecule has 0 saturated heterocycles. The van der Waals surface area contributed by atoms with Crippen molar-refractivity contribution in [1.82, 2.24) is 4.90 Å². The van der Waals surface area contributed by atoms with E-state index in [1.54, 1.807) is 30.2 Å². The first-order valence-electron chi connectivity index (χ1n) is 7.78. The maximum atomic E-state index is 13.1.